The van der Waals surface area contributed by atoms with Gasteiger partial charge in [0.05, 0.1) is 11.9 Å². The smallest absolute Gasteiger partial charge is 0.232 e. The number of nitrogens with zero attached hydrogens (tertiary/aromatic N) is 4. The third-order valence-corrected chi connectivity index (χ3v) is 4.32. The zero-order chi connectivity index (χ0) is 13.9. The Morgan fingerprint density at radius 2 is 2.00 bits per heavy atom. The van der Waals surface area contributed by atoms with Gasteiger partial charge < -0.3 is 9.64 Å². The lowest BCUT2D eigenvalue weighted by molar-refractivity contribution is 0.163. The van der Waals surface area contributed by atoms with Crippen LogP contribution < -0.4 is 9.64 Å². The van der Waals surface area contributed by atoms with E-state index < -0.39 is 0 Å². The Bertz CT molecular complexity index is 578. The molecule has 3 rings (SSSR count). The molecule has 0 aromatic carbocycles. The number of ether oxygens (including phenoxy) is 1. The molecule has 2 aromatic rings. The van der Waals surface area contributed by atoms with Crippen LogP contribution in [0.25, 0.3) is 0 Å². The summed E-state index contributed by atoms with van der Waals surface area (Å²) in [6, 6.07) is 0. The Morgan fingerprint density at radius 3 is 2.65 bits per heavy atom. The van der Waals surface area contributed by atoms with Crippen molar-refractivity contribution in [1.82, 2.24) is 15.0 Å². The number of piperidine rings is 1. The quantitative estimate of drug-likeness (QED) is 0.869. The highest BCUT2D eigenvalue weighted by Gasteiger charge is 2.22. The number of anilines is 1. The molecule has 20 heavy (non-hydrogen) atoms. The number of thiazole rings is 1. The van der Waals surface area contributed by atoms with Crippen LogP contribution in [-0.4, -0.2) is 34.1 Å². The molecular weight excluding hydrogens is 272 g/mol. The number of aromatic nitrogens is 3. The van der Waals surface area contributed by atoms with Crippen LogP contribution in [0.5, 0.6) is 5.88 Å². The van der Waals surface area contributed by atoms with Crippen molar-refractivity contribution < 1.29 is 4.74 Å². The molecule has 0 spiro atoms. The maximum atomic E-state index is 5.91. The van der Waals surface area contributed by atoms with Crippen molar-refractivity contribution in [2.45, 2.75) is 32.8 Å². The average Bonchev–Trinajstić information content (AvgIpc) is 2.86. The summed E-state index contributed by atoms with van der Waals surface area (Å²) in [5.74, 6) is 0.633. The molecule has 106 valence electrons. The van der Waals surface area contributed by atoms with Gasteiger partial charge in [-0.05, 0) is 13.8 Å². The van der Waals surface area contributed by atoms with Crippen molar-refractivity contribution in [3.63, 3.8) is 0 Å². The van der Waals surface area contributed by atoms with Gasteiger partial charge >= 0.3 is 0 Å². The van der Waals surface area contributed by atoms with Gasteiger partial charge in [-0.3, -0.25) is 4.98 Å². The molecule has 1 aliphatic heterocycles. The minimum Gasteiger partial charge on any atom is -0.473 e. The van der Waals surface area contributed by atoms with Crippen molar-refractivity contribution in [3.05, 3.63) is 29.2 Å². The summed E-state index contributed by atoms with van der Waals surface area (Å²) in [7, 11) is 0. The van der Waals surface area contributed by atoms with E-state index in [0.29, 0.717) is 5.88 Å². The van der Waals surface area contributed by atoms with Crippen LogP contribution >= 0.6 is 11.3 Å². The van der Waals surface area contributed by atoms with E-state index in [0.717, 1.165) is 36.8 Å². The van der Waals surface area contributed by atoms with Gasteiger partial charge in [-0.15, -0.1) is 11.3 Å². The third-order valence-electron chi connectivity index (χ3n) is 3.34. The van der Waals surface area contributed by atoms with Crippen LogP contribution in [0.1, 0.15) is 23.4 Å². The molecule has 3 heterocycles. The molecule has 1 saturated heterocycles. The number of aryl methyl sites for hydroxylation is 2. The Hall–Kier alpha value is -1.69. The lowest BCUT2D eigenvalue weighted by atomic mass is 10.1. The molecule has 1 aliphatic rings. The van der Waals surface area contributed by atoms with E-state index in [2.05, 4.69) is 26.8 Å². The largest absolute Gasteiger partial charge is 0.473 e. The first kappa shape index (κ1) is 13.3. The van der Waals surface area contributed by atoms with Crippen LogP contribution in [0.15, 0.2) is 18.6 Å². The molecule has 1 fully saturated rings. The molecule has 0 unspecified atom stereocenters. The summed E-state index contributed by atoms with van der Waals surface area (Å²) in [6.45, 7) is 5.98. The van der Waals surface area contributed by atoms with Gasteiger partial charge in [0.1, 0.15) is 6.10 Å². The first-order valence-corrected chi connectivity index (χ1v) is 7.65. The average molecular weight is 290 g/mol. The molecule has 0 bridgehead atoms. The molecule has 6 heteroatoms. The van der Waals surface area contributed by atoms with E-state index in [-0.39, 0.29) is 6.10 Å². The molecule has 0 amide bonds. The van der Waals surface area contributed by atoms with Gasteiger partial charge in [0.15, 0.2) is 5.13 Å². The first-order valence-electron chi connectivity index (χ1n) is 6.83. The summed E-state index contributed by atoms with van der Waals surface area (Å²) in [4.78, 5) is 16.5. The fourth-order valence-electron chi connectivity index (χ4n) is 2.32. The van der Waals surface area contributed by atoms with E-state index in [9.17, 15) is 0 Å². The minimum absolute atomic E-state index is 0.225. The monoisotopic (exact) mass is 290 g/mol. The summed E-state index contributed by atoms with van der Waals surface area (Å²) in [6.07, 6.45) is 7.57. The standard InChI is InChI=1S/C14H18N4OS/c1-10-7-15-9-13(17-10)19-12-3-5-18(6-4-12)14-16-8-11(2)20-14/h7-9,12H,3-6H2,1-2H3. The molecule has 0 atom stereocenters. The van der Waals surface area contributed by atoms with Crippen LogP contribution in [0.2, 0.25) is 0 Å². The molecule has 5 nitrogen and oxygen atoms in total. The molecule has 0 saturated carbocycles. The van der Waals surface area contributed by atoms with Crippen molar-refractivity contribution >= 4 is 16.5 Å². The Morgan fingerprint density at radius 1 is 1.20 bits per heavy atom. The Labute approximate surface area is 122 Å². The minimum atomic E-state index is 0.225. The third kappa shape index (κ3) is 3.07. The number of rotatable bonds is 3. The second kappa shape index (κ2) is 5.75. The van der Waals surface area contributed by atoms with E-state index in [1.165, 1.54) is 4.88 Å². The molecular formula is C14H18N4OS. The predicted octanol–water partition coefficient (Wildman–Crippen LogP) is 2.60. The van der Waals surface area contributed by atoms with E-state index in [1.54, 1.807) is 23.7 Å². The summed E-state index contributed by atoms with van der Waals surface area (Å²) in [5, 5.41) is 1.12. The summed E-state index contributed by atoms with van der Waals surface area (Å²) in [5.41, 5.74) is 0.887. The van der Waals surface area contributed by atoms with E-state index in [1.807, 2.05) is 13.1 Å². The van der Waals surface area contributed by atoms with E-state index >= 15 is 0 Å². The molecule has 0 N–H and O–H groups in total. The molecule has 0 aliphatic carbocycles. The number of hydrogen-bond acceptors (Lipinski definition) is 6. The lowest BCUT2D eigenvalue weighted by Crippen LogP contribution is -2.38. The van der Waals surface area contributed by atoms with Gasteiger partial charge in [-0.2, -0.15) is 0 Å². The highest BCUT2D eigenvalue weighted by Crippen LogP contribution is 2.26. The zero-order valence-corrected chi connectivity index (χ0v) is 12.6. The maximum absolute atomic E-state index is 5.91. The van der Waals surface area contributed by atoms with Gasteiger partial charge in [-0.25, -0.2) is 9.97 Å². The second-order valence-electron chi connectivity index (χ2n) is 5.06. The summed E-state index contributed by atoms with van der Waals surface area (Å²) >= 11 is 1.75. The fourth-order valence-corrected chi connectivity index (χ4v) is 3.13. The molecule has 2 aromatic heterocycles. The van der Waals surface area contributed by atoms with Gasteiger partial charge in [0.25, 0.3) is 0 Å². The summed E-state index contributed by atoms with van der Waals surface area (Å²) < 4.78 is 5.91. The Balaban J connectivity index is 1.56. The van der Waals surface area contributed by atoms with Gasteiger partial charge in [-0.1, -0.05) is 0 Å². The topological polar surface area (TPSA) is 51.1 Å². The Kier molecular flexibility index (Phi) is 3.82. The number of hydrogen-bond donors (Lipinski definition) is 0. The fraction of sp³-hybridized carbons (Fsp3) is 0.500. The first-order chi connectivity index (χ1) is 9.70. The highest BCUT2D eigenvalue weighted by atomic mass is 32.1. The van der Waals surface area contributed by atoms with Crippen LogP contribution in [0.3, 0.4) is 0 Å². The maximum Gasteiger partial charge on any atom is 0.232 e. The predicted molar refractivity (Wildman–Crippen MR) is 79.5 cm³/mol. The SMILES string of the molecule is Cc1cncc(OC2CCN(c3ncc(C)s3)CC2)n1. The van der Waals surface area contributed by atoms with Gasteiger partial charge in [0.2, 0.25) is 5.88 Å². The molecule has 0 radical (unpaired) electrons. The van der Waals surface area contributed by atoms with Crippen molar-refractivity contribution in [3.8, 4) is 5.88 Å². The lowest BCUT2D eigenvalue weighted by Gasteiger charge is -2.31. The van der Waals surface area contributed by atoms with Crippen molar-refractivity contribution in [1.29, 1.82) is 0 Å². The second-order valence-corrected chi connectivity index (χ2v) is 6.27. The van der Waals surface area contributed by atoms with Crippen LogP contribution in [0.4, 0.5) is 5.13 Å². The zero-order valence-electron chi connectivity index (χ0n) is 11.7. The van der Waals surface area contributed by atoms with Crippen molar-refractivity contribution in [2.75, 3.05) is 18.0 Å². The normalized spacial score (nSPS) is 16.4. The highest BCUT2D eigenvalue weighted by molar-refractivity contribution is 7.15. The van der Waals surface area contributed by atoms with Crippen LogP contribution in [0, 0.1) is 13.8 Å². The van der Waals surface area contributed by atoms with Crippen LogP contribution in [-0.2, 0) is 0 Å². The van der Waals surface area contributed by atoms with Gasteiger partial charge in [0, 0.05) is 43.2 Å². The van der Waals surface area contributed by atoms with E-state index in [4.69, 9.17) is 4.74 Å². The van der Waals surface area contributed by atoms with Crippen molar-refractivity contribution in [2.24, 2.45) is 0 Å².